The summed E-state index contributed by atoms with van der Waals surface area (Å²) in [5.74, 6) is -1.75. The van der Waals surface area contributed by atoms with Gasteiger partial charge in [0.05, 0.1) is 16.3 Å². The fourth-order valence-electron chi connectivity index (χ4n) is 2.97. The lowest BCUT2D eigenvalue weighted by Gasteiger charge is -2.29. The van der Waals surface area contributed by atoms with Gasteiger partial charge in [0.15, 0.2) is 0 Å². The van der Waals surface area contributed by atoms with Gasteiger partial charge in [-0.2, -0.15) is 0 Å². The maximum Gasteiger partial charge on any atom is 0.337 e. The number of anilines is 1. The minimum Gasteiger partial charge on any atom is -0.478 e. The van der Waals surface area contributed by atoms with E-state index in [4.69, 9.17) is 16.7 Å². The maximum atomic E-state index is 12.3. The van der Waals surface area contributed by atoms with Crippen LogP contribution in [0.4, 0.5) is 5.69 Å². The topological polar surface area (TPSA) is 74.7 Å². The van der Waals surface area contributed by atoms with E-state index in [-0.39, 0.29) is 34.2 Å². The zero-order chi connectivity index (χ0) is 14.4. The molecule has 1 aromatic rings. The molecule has 20 heavy (non-hydrogen) atoms. The number of hydrogen-bond acceptors (Lipinski definition) is 3. The van der Waals surface area contributed by atoms with E-state index >= 15 is 0 Å². The first kappa shape index (κ1) is 13.1. The summed E-state index contributed by atoms with van der Waals surface area (Å²) in [4.78, 5) is 36.6. The molecule has 2 aliphatic rings. The second-order valence-electron chi connectivity index (χ2n) is 5.19. The molecule has 2 unspecified atom stereocenters. The summed E-state index contributed by atoms with van der Waals surface area (Å²) in [7, 11) is 0. The predicted molar refractivity (Wildman–Crippen MR) is 71.7 cm³/mol. The molecule has 1 aliphatic carbocycles. The van der Waals surface area contributed by atoms with Crippen molar-refractivity contribution in [1.29, 1.82) is 0 Å². The molecule has 2 amide bonds. The Balaban J connectivity index is 2.00. The van der Waals surface area contributed by atoms with Gasteiger partial charge in [0.2, 0.25) is 11.8 Å². The number of hydrogen-bond donors (Lipinski definition) is 1. The summed E-state index contributed by atoms with van der Waals surface area (Å²) in [6, 6.07) is 4.14. The molecular weight excluding hydrogens is 282 g/mol. The number of rotatable bonds is 2. The molecule has 1 saturated heterocycles. The number of carboxylic acid groups (broad SMARTS) is 1. The Morgan fingerprint density at radius 1 is 1.20 bits per heavy atom. The average Bonchev–Trinajstić information content (AvgIpc) is 2.83. The van der Waals surface area contributed by atoms with E-state index in [2.05, 4.69) is 0 Å². The van der Waals surface area contributed by atoms with Gasteiger partial charge in [-0.1, -0.05) is 11.6 Å². The number of amides is 2. The molecular formula is C14H12ClNO4. The Labute approximate surface area is 120 Å². The standard InChI is InChI=1S/C14H12ClNO4/c15-11-6-9(3-4-10(11)14(19)20)16-12(17)7-1-2-8(5-7)13(16)18/h3-4,6-8H,1-2,5H2,(H,19,20). The van der Waals surface area contributed by atoms with Gasteiger partial charge in [-0.05, 0) is 37.5 Å². The van der Waals surface area contributed by atoms with Gasteiger partial charge in [-0.3, -0.25) is 14.5 Å². The number of halogens is 1. The van der Waals surface area contributed by atoms with E-state index in [0.717, 1.165) is 17.7 Å². The average molecular weight is 294 g/mol. The second-order valence-corrected chi connectivity index (χ2v) is 5.60. The van der Waals surface area contributed by atoms with Crippen LogP contribution in [0.25, 0.3) is 0 Å². The third-order valence-electron chi connectivity index (χ3n) is 4.01. The van der Waals surface area contributed by atoms with Crippen molar-refractivity contribution in [2.45, 2.75) is 19.3 Å². The highest BCUT2D eigenvalue weighted by Gasteiger charge is 2.45. The zero-order valence-corrected chi connectivity index (χ0v) is 11.3. The van der Waals surface area contributed by atoms with Crippen LogP contribution in [-0.4, -0.2) is 22.9 Å². The molecule has 1 saturated carbocycles. The van der Waals surface area contributed by atoms with E-state index in [1.807, 2.05) is 0 Å². The van der Waals surface area contributed by atoms with Gasteiger partial charge >= 0.3 is 5.97 Å². The predicted octanol–water partition coefficient (Wildman–Crippen LogP) is 2.33. The number of nitrogens with zero attached hydrogens (tertiary/aromatic N) is 1. The monoisotopic (exact) mass is 293 g/mol. The van der Waals surface area contributed by atoms with Gasteiger partial charge in [0.25, 0.3) is 0 Å². The van der Waals surface area contributed by atoms with Gasteiger partial charge in [0.1, 0.15) is 0 Å². The van der Waals surface area contributed by atoms with Crippen molar-refractivity contribution in [3.63, 3.8) is 0 Å². The van der Waals surface area contributed by atoms with Crippen LogP contribution >= 0.6 is 11.6 Å². The lowest BCUT2D eigenvalue weighted by Crippen LogP contribution is -2.46. The molecule has 0 spiro atoms. The van der Waals surface area contributed by atoms with Crippen LogP contribution in [0.3, 0.4) is 0 Å². The second kappa shape index (κ2) is 4.59. The SMILES string of the molecule is O=C(O)c1ccc(N2C(=O)C3CCC(C3)C2=O)cc1Cl. The van der Waals surface area contributed by atoms with Crippen molar-refractivity contribution in [3.05, 3.63) is 28.8 Å². The minimum absolute atomic E-state index is 0.0218. The summed E-state index contributed by atoms with van der Waals surface area (Å²) < 4.78 is 0. The van der Waals surface area contributed by atoms with E-state index in [1.54, 1.807) is 0 Å². The summed E-state index contributed by atoms with van der Waals surface area (Å²) in [6.45, 7) is 0. The highest BCUT2D eigenvalue weighted by molar-refractivity contribution is 6.34. The number of carbonyl (C=O) groups is 3. The van der Waals surface area contributed by atoms with Gasteiger partial charge < -0.3 is 5.11 Å². The van der Waals surface area contributed by atoms with Crippen LogP contribution in [0.15, 0.2) is 18.2 Å². The molecule has 5 nitrogen and oxygen atoms in total. The molecule has 2 atom stereocenters. The summed E-state index contributed by atoms with van der Waals surface area (Å²) in [6.07, 6.45) is 2.12. The van der Waals surface area contributed by atoms with Crippen molar-refractivity contribution in [1.82, 2.24) is 0 Å². The number of benzene rings is 1. The number of carboxylic acids is 1. The molecule has 6 heteroatoms. The van der Waals surface area contributed by atoms with Crippen molar-refractivity contribution >= 4 is 35.1 Å². The lowest BCUT2D eigenvalue weighted by molar-refractivity contribution is -0.133. The van der Waals surface area contributed by atoms with Crippen molar-refractivity contribution in [2.75, 3.05) is 4.90 Å². The smallest absolute Gasteiger partial charge is 0.337 e. The molecule has 3 rings (SSSR count). The van der Waals surface area contributed by atoms with Gasteiger partial charge in [-0.25, -0.2) is 4.79 Å². The fraction of sp³-hybridized carbons (Fsp3) is 0.357. The first-order valence-corrected chi connectivity index (χ1v) is 6.77. The van der Waals surface area contributed by atoms with E-state index in [9.17, 15) is 14.4 Å². The minimum atomic E-state index is -1.14. The largest absolute Gasteiger partial charge is 0.478 e. The Kier molecular flexibility index (Phi) is 3.01. The van der Waals surface area contributed by atoms with E-state index in [0.29, 0.717) is 12.1 Å². The maximum absolute atomic E-state index is 12.3. The first-order valence-electron chi connectivity index (χ1n) is 6.39. The number of aromatic carboxylic acids is 1. The number of fused-ring (bicyclic) bond motifs is 2. The van der Waals surface area contributed by atoms with Crippen LogP contribution in [0, 0.1) is 11.8 Å². The number of imide groups is 1. The molecule has 0 radical (unpaired) electrons. The van der Waals surface area contributed by atoms with Gasteiger partial charge in [-0.15, -0.1) is 0 Å². The molecule has 2 fully saturated rings. The van der Waals surface area contributed by atoms with Crippen molar-refractivity contribution in [2.24, 2.45) is 11.8 Å². The van der Waals surface area contributed by atoms with Crippen LogP contribution in [-0.2, 0) is 9.59 Å². The van der Waals surface area contributed by atoms with Crippen molar-refractivity contribution in [3.8, 4) is 0 Å². The van der Waals surface area contributed by atoms with Crippen LogP contribution < -0.4 is 4.90 Å². The molecule has 0 aromatic heterocycles. The molecule has 2 bridgehead atoms. The van der Waals surface area contributed by atoms with Gasteiger partial charge in [0, 0.05) is 11.8 Å². The Bertz CT molecular complexity index is 606. The fourth-order valence-corrected chi connectivity index (χ4v) is 3.23. The Morgan fingerprint density at radius 2 is 1.80 bits per heavy atom. The lowest BCUT2D eigenvalue weighted by atomic mass is 9.96. The molecule has 104 valence electrons. The first-order chi connectivity index (χ1) is 9.49. The highest BCUT2D eigenvalue weighted by atomic mass is 35.5. The number of carbonyl (C=O) groups excluding carboxylic acids is 2. The highest BCUT2D eigenvalue weighted by Crippen LogP contribution is 2.40. The van der Waals surface area contributed by atoms with E-state index in [1.165, 1.54) is 18.2 Å². The normalized spacial score (nSPS) is 25.1. The third kappa shape index (κ3) is 1.89. The molecule has 1 aliphatic heterocycles. The van der Waals surface area contributed by atoms with Crippen LogP contribution in [0.5, 0.6) is 0 Å². The molecule has 1 N–H and O–H groups in total. The zero-order valence-electron chi connectivity index (χ0n) is 10.5. The molecule has 1 heterocycles. The summed E-state index contributed by atoms with van der Waals surface area (Å²) >= 11 is 5.90. The quantitative estimate of drug-likeness (QED) is 0.849. The summed E-state index contributed by atoms with van der Waals surface area (Å²) in [5, 5.41) is 8.95. The van der Waals surface area contributed by atoms with Crippen LogP contribution in [0.2, 0.25) is 5.02 Å². The third-order valence-corrected chi connectivity index (χ3v) is 4.33. The molecule has 1 aromatic carbocycles. The van der Waals surface area contributed by atoms with Crippen LogP contribution in [0.1, 0.15) is 29.6 Å². The Morgan fingerprint density at radius 3 is 2.30 bits per heavy atom. The number of piperidine rings is 1. The Hall–Kier alpha value is -1.88. The van der Waals surface area contributed by atoms with E-state index < -0.39 is 5.97 Å². The van der Waals surface area contributed by atoms with Crippen molar-refractivity contribution < 1.29 is 19.5 Å². The summed E-state index contributed by atoms with van der Waals surface area (Å²) in [5.41, 5.74) is 0.307.